The molecule has 0 saturated carbocycles. The van der Waals surface area contributed by atoms with Crippen molar-refractivity contribution in [2.45, 2.75) is 19.3 Å². The van der Waals surface area contributed by atoms with Gasteiger partial charge in [-0.15, -0.1) is 0 Å². The molecule has 0 bridgehead atoms. The topological polar surface area (TPSA) is 79.7 Å². The van der Waals surface area contributed by atoms with Gasteiger partial charge in [0.2, 0.25) is 5.78 Å². The highest BCUT2D eigenvalue weighted by Crippen LogP contribution is 2.28. The Labute approximate surface area is 158 Å². The van der Waals surface area contributed by atoms with Gasteiger partial charge in [0.15, 0.2) is 0 Å². The first kappa shape index (κ1) is 17.4. The Morgan fingerprint density at radius 3 is 2.74 bits per heavy atom. The quantitative estimate of drug-likeness (QED) is 0.686. The van der Waals surface area contributed by atoms with Crippen LogP contribution in [-0.4, -0.2) is 44.5 Å². The van der Waals surface area contributed by atoms with Crippen molar-refractivity contribution in [3.63, 3.8) is 0 Å². The van der Waals surface area contributed by atoms with Gasteiger partial charge in [0.1, 0.15) is 11.6 Å². The lowest BCUT2D eigenvalue weighted by molar-refractivity contribution is 0.222. The zero-order valence-electron chi connectivity index (χ0n) is 15.4. The first-order valence-corrected chi connectivity index (χ1v) is 9.21. The van der Waals surface area contributed by atoms with Gasteiger partial charge in [0, 0.05) is 24.4 Å². The van der Waals surface area contributed by atoms with Crippen LogP contribution < -0.4 is 5.73 Å². The van der Waals surface area contributed by atoms with E-state index in [0.29, 0.717) is 34.3 Å². The Hall–Kier alpha value is -3.04. The summed E-state index contributed by atoms with van der Waals surface area (Å²) in [6.07, 6.45) is 6.97. The highest BCUT2D eigenvalue weighted by Gasteiger charge is 2.15. The van der Waals surface area contributed by atoms with Crippen LogP contribution in [0.25, 0.3) is 17.0 Å². The number of nitrogens with two attached hydrogens (primary N) is 1. The highest BCUT2D eigenvalue weighted by atomic mass is 16.3. The summed E-state index contributed by atoms with van der Waals surface area (Å²) in [6, 6.07) is 7.10. The number of benzene rings is 1. The maximum absolute atomic E-state index is 10.0. The normalized spacial score (nSPS) is 15.6. The molecule has 0 spiro atoms. The number of aromatic hydroxyl groups is 1. The Morgan fingerprint density at radius 1 is 1.19 bits per heavy atom. The van der Waals surface area contributed by atoms with Crippen LogP contribution >= 0.6 is 0 Å². The summed E-state index contributed by atoms with van der Waals surface area (Å²) >= 11 is 0. The smallest absolute Gasteiger partial charge is 0.236 e. The number of hydrogen-bond acceptors (Lipinski definition) is 5. The number of piperidine rings is 1. The molecule has 1 saturated heterocycles. The minimum Gasteiger partial charge on any atom is -0.507 e. The molecule has 1 fully saturated rings. The zero-order valence-corrected chi connectivity index (χ0v) is 15.4. The molecule has 0 radical (unpaired) electrons. The van der Waals surface area contributed by atoms with Crippen molar-refractivity contribution >= 4 is 11.6 Å². The minimum absolute atomic E-state index is 0.187. The fourth-order valence-corrected chi connectivity index (χ4v) is 3.41. The Kier molecular flexibility index (Phi) is 4.69. The summed E-state index contributed by atoms with van der Waals surface area (Å²) in [5.41, 5.74) is 8.10. The van der Waals surface area contributed by atoms with E-state index in [1.54, 1.807) is 16.5 Å². The first-order valence-electron chi connectivity index (χ1n) is 9.21. The number of imidazole rings is 1. The van der Waals surface area contributed by atoms with E-state index < -0.39 is 0 Å². The third-order valence-electron chi connectivity index (χ3n) is 5.11. The number of phenols is 1. The fraction of sp³-hybridized carbons (Fsp3) is 0.333. The number of nitrogens with zero attached hydrogens (tertiary/aromatic N) is 4. The zero-order chi connectivity index (χ0) is 18.8. The molecular weight excluding hydrogens is 338 g/mol. The van der Waals surface area contributed by atoms with E-state index in [4.69, 9.17) is 5.73 Å². The molecule has 0 unspecified atom stereocenters. The van der Waals surface area contributed by atoms with Crippen molar-refractivity contribution < 1.29 is 5.11 Å². The molecule has 0 aliphatic carbocycles. The summed E-state index contributed by atoms with van der Waals surface area (Å²) in [6.45, 7) is 2.29. The van der Waals surface area contributed by atoms with Gasteiger partial charge >= 0.3 is 0 Å². The molecule has 6 nitrogen and oxygen atoms in total. The minimum atomic E-state index is 0.187. The van der Waals surface area contributed by atoms with E-state index in [-0.39, 0.29) is 5.75 Å². The van der Waals surface area contributed by atoms with Gasteiger partial charge in [-0.05, 0) is 51.0 Å². The van der Waals surface area contributed by atoms with Gasteiger partial charge in [-0.2, -0.15) is 4.98 Å². The van der Waals surface area contributed by atoms with Crippen molar-refractivity contribution in [3.8, 4) is 28.8 Å². The van der Waals surface area contributed by atoms with Crippen molar-refractivity contribution in [1.29, 1.82) is 0 Å². The largest absolute Gasteiger partial charge is 0.507 e. The molecule has 1 aliphatic rings. The van der Waals surface area contributed by atoms with E-state index in [2.05, 4.69) is 33.8 Å². The summed E-state index contributed by atoms with van der Waals surface area (Å²) in [5.74, 6) is 8.17. The van der Waals surface area contributed by atoms with Crippen LogP contribution in [0.1, 0.15) is 24.8 Å². The first-order chi connectivity index (χ1) is 13.1. The second-order valence-corrected chi connectivity index (χ2v) is 7.14. The van der Waals surface area contributed by atoms with Crippen LogP contribution in [0.2, 0.25) is 0 Å². The highest BCUT2D eigenvalue weighted by molar-refractivity contribution is 5.68. The summed E-state index contributed by atoms with van der Waals surface area (Å²) < 4.78 is 1.80. The molecule has 4 rings (SSSR count). The number of phenolic OH excluding ortho intramolecular Hbond substituents is 1. The lowest BCUT2D eigenvalue weighted by atomic mass is 9.94. The third kappa shape index (κ3) is 3.74. The number of anilines is 1. The number of fused-ring (bicyclic) bond motifs is 1. The molecule has 138 valence electrons. The monoisotopic (exact) mass is 361 g/mol. The standard InChI is InChI=1S/C21H23N5O/c1-25-11-9-15(10-12-25)5-4-6-16-13-26-14-18(23-21(26)24-20(16)22)17-7-2-3-8-19(17)27/h2-3,7-8,13-15,27H,5,9-12H2,1H3,(H2,22,23,24). The lowest BCUT2D eigenvalue weighted by Crippen LogP contribution is -2.29. The van der Waals surface area contributed by atoms with E-state index in [0.717, 1.165) is 19.5 Å². The maximum atomic E-state index is 10.0. The van der Waals surface area contributed by atoms with Gasteiger partial charge in [0.25, 0.3) is 0 Å². The Morgan fingerprint density at radius 2 is 1.96 bits per heavy atom. The van der Waals surface area contributed by atoms with Crippen molar-refractivity contribution in [3.05, 3.63) is 42.2 Å². The van der Waals surface area contributed by atoms with E-state index in [1.165, 1.54) is 12.8 Å². The van der Waals surface area contributed by atoms with Crippen molar-refractivity contribution in [2.75, 3.05) is 25.9 Å². The number of rotatable bonds is 2. The number of aromatic nitrogens is 3. The number of para-hydroxylation sites is 1. The number of likely N-dealkylation sites (tertiary alicyclic amines) is 1. The van der Waals surface area contributed by atoms with Crippen LogP contribution in [0.5, 0.6) is 5.75 Å². The number of hydrogen-bond donors (Lipinski definition) is 2. The molecule has 2 aromatic heterocycles. The number of nitrogen functional groups attached to an aromatic ring is 1. The van der Waals surface area contributed by atoms with Gasteiger partial charge in [0.05, 0.1) is 11.3 Å². The van der Waals surface area contributed by atoms with Crippen molar-refractivity contribution in [2.24, 2.45) is 5.92 Å². The molecule has 3 aromatic rings. The molecule has 1 aromatic carbocycles. The van der Waals surface area contributed by atoms with Crippen molar-refractivity contribution in [1.82, 2.24) is 19.3 Å². The van der Waals surface area contributed by atoms with Gasteiger partial charge < -0.3 is 15.7 Å². The Bertz CT molecular complexity index is 1020. The molecule has 6 heteroatoms. The molecule has 27 heavy (non-hydrogen) atoms. The summed E-state index contributed by atoms with van der Waals surface area (Å²) in [4.78, 5) is 11.2. The summed E-state index contributed by atoms with van der Waals surface area (Å²) in [7, 11) is 2.16. The van der Waals surface area contributed by atoms with Gasteiger partial charge in [-0.1, -0.05) is 24.0 Å². The Balaban J connectivity index is 1.57. The van der Waals surface area contributed by atoms with Crippen LogP contribution in [0.4, 0.5) is 5.82 Å². The SMILES string of the molecule is CN1CCC(CC#Cc2cn3cc(-c4ccccc4O)nc3nc2N)CC1. The maximum Gasteiger partial charge on any atom is 0.236 e. The predicted molar refractivity (Wildman–Crippen MR) is 106 cm³/mol. The van der Waals surface area contributed by atoms with Gasteiger partial charge in [-0.25, -0.2) is 4.98 Å². The van der Waals surface area contributed by atoms with E-state index in [1.807, 2.05) is 24.5 Å². The van der Waals surface area contributed by atoms with Crippen LogP contribution in [0, 0.1) is 17.8 Å². The third-order valence-corrected chi connectivity index (χ3v) is 5.11. The second kappa shape index (κ2) is 7.29. The average molecular weight is 361 g/mol. The summed E-state index contributed by atoms with van der Waals surface area (Å²) in [5, 5.41) is 10.0. The van der Waals surface area contributed by atoms with Gasteiger partial charge in [-0.3, -0.25) is 4.40 Å². The van der Waals surface area contributed by atoms with E-state index >= 15 is 0 Å². The van der Waals surface area contributed by atoms with E-state index in [9.17, 15) is 5.11 Å². The molecule has 1 aliphatic heterocycles. The second-order valence-electron chi connectivity index (χ2n) is 7.14. The molecule has 0 atom stereocenters. The molecule has 3 N–H and O–H groups in total. The molecule has 3 heterocycles. The average Bonchev–Trinajstić information content (AvgIpc) is 3.06. The molecule has 0 amide bonds. The van der Waals surface area contributed by atoms with Crippen LogP contribution in [-0.2, 0) is 0 Å². The van der Waals surface area contributed by atoms with Crippen LogP contribution in [0.3, 0.4) is 0 Å². The predicted octanol–water partition coefficient (Wildman–Crippen LogP) is 2.77. The lowest BCUT2D eigenvalue weighted by Gasteiger charge is -2.27. The van der Waals surface area contributed by atoms with Crippen LogP contribution in [0.15, 0.2) is 36.7 Å². The fourth-order valence-electron chi connectivity index (χ4n) is 3.41. The molecular formula is C21H23N5O.